The van der Waals surface area contributed by atoms with Crippen LogP contribution in [0.5, 0.6) is 5.75 Å². The number of carbonyl (C=O) groups is 1. The molecule has 0 saturated heterocycles. The minimum Gasteiger partial charge on any atom is -0.496 e. The second kappa shape index (κ2) is 8.83. The van der Waals surface area contributed by atoms with Crippen LogP contribution in [0, 0.1) is 6.92 Å². The minimum absolute atomic E-state index is 0.342. The Morgan fingerprint density at radius 1 is 1.21 bits per heavy atom. The molecule has 5 aromatic rings. The average molecular weight is 475 g/mol. The maximum absolute atomic E-state index is 12.7. The monoisotopic (exact) mass is 474 g/mol. The molecule has 170 valence electrons. The Morgan fingerprint density at radius 3 is 2.88 bits per heavy atom. The number of methoxy groups -OCH3 is 1. The van der Waals surface area contributed by atoms with E-state index >= 15 is 0 Å². The van der Waals surface area contributed by atoms with Crippen molar-refractivity contribution in [1.82, 2.24) is 29.9 Å². The van der Waals surface area contributed by atoms with Gasteiger partial charge in [0.1, 0.15) is 17.9 Å². The first-order valence-electron chi connectivity index (χ1n) is 10.2. The number of anilines is 3. The van der Waals surface area contributed by atoms with E-state index in [1.165, 1.54) is 13.4 Å². The minimum atomic E-state index is -0.342. The molecule has 0 saturated carbocycles. The molecule has 34 heavy (non-hydrogen) atoms. The Morgan fingerprint density at radius 2 is 2.09 bits per heavy atom. The molecule has 0 atom stereocenters. The summed E-state index contributed by atoms with van der Waals surface area (Å²) in [5.74, 6) is 1.11. The number of halogens is 1. The molecular weight excluding hydrogens is 456 g/mol. The van der Waals surface area contributed by atoms with E-state index in [0.717, 1.165) is 27.8 Å². The van der Waals surface area contributed by atoms with Crippen LogP contribution >= 0.6 is 11.6 Å². The van der Waals surface area contributed by atoms with Crippen molar-refractivity contribution in [2.75, 3.05) is 17.7 Å². The predicted molar refractivity (Wildman–Crippen MR) is 129 cm³/mol. The molecule has 0 radical (unpaired) electrons. The maximum atomic E-state index is 12.7. The Labute approximate surface area is 199 Å². The number of ether oxygens (including phenoxy) is 1. The van der Waals surface area contributed by atoms with Crippen LogP contribution in [0.15, 0.2) is 61.3 Å². The van der Waals surface area contributed by atoms with E-state index in [2.05, 4.69) is 35.9 Å². The van der Waals surface area contributed by atoms with E-state index in [1.54, 1.807) is 41.3 Å². The highest BCUT2D eigenvalue weighted by molar-refractivity contribution is 6.38. The van der Waals surface area contributed by atoms with Crippen molar-refractivity contribution in [2.45, 2.75) is 6.92 Å². The normalized spacial score (nSPS) is 10.9. The van der Waals surface area contributed by atoms with E-state index in [0.29, 0.717) is 28.0 Å². The fraction of sp³-hybridized carbons (Fsp3) is 0.0870. The van der Waals surface area contributed by atoms with Gasteiger partial charge in [0.05, 0.1) is 40.8 Å². The number of aryl methyl sites for hydroxylation is 1. The molecule has 3 aromatic heterocycles. The lowest BCUT2D eigenvalue weighted by Gasteiger charge is -2.11. The van der Waals surface area contributed by atoms with Gasteiger partial charge in [-0.15, -0.1) is 5.10 Å². The van der Waals surface area contributed by atoms with Crippen LogP contribution in [0.25, 0.3) is 16.6 Å². The van der Waals surface area contributed by atoms with Crippen LogP contribution in [-0.2, 0) is 0 Å². The van der Waals surface area contributed by atoms with Gasteiger partial charge < -0.3 is 15.4 Å². The summed E-state index contributed by atoms with van der Waals surface area (Å²) >= 11 is 6.53. The number of aromatic amines is 1. The van der Waals surface area contributed by atoms with Gasteiger partial charge in [-0.2, -0.15) is 5.10 Å². The molecule has 0 unspecified atom stereocenters. The third-order valence-corrected chi connectivity index (χ3v) is 5.63. The van der Waals surface area contributed by atoms with E-state index in [1.807, 2.05) is 25.3 Å². The molecule has 1 amide bonds. The average Bonchev–Trinajstić information content (AvgIpc) is 3.48. The SMILES string of the molecule is COc1cc(-n2cc(C)c(Nc3ccc4[nH]ncc4c3Cl)n2)ccc1C(=O)Nc1ccncn1. The molecule has 0 spiro atoms. The fourth-order valence-corrected chi connectivity index (χ4v) is 3.74. The number of aromatic nitrogens is 6. The molecule has 0 fully saturated rings. The third-order valence-electron chi connectivity index (χ3n) is 5.23. The van der Waals surface area contributed by atoms with Gasteiger partial charge in [0.15, 0.2) is 5.82 Å². The zero-order valence-corrected chi connectivity index (χ0v) is 19.0. The first-order valence-corrected chi connectivity index (χ1v) is 10.6. The summed E-state index contributed by atoms with van der Waals surface area (Å²) in [6.07, 6.45) is 6.47. The smallest absolute Gasteiger partial charge is 0.260 e. The first-order chi connectivity index (χ1) is 16.5. The van der Waals surface area contributed by atoms with Gasteiger partial charge in [-0.1, -0.05) is 11.6 Å². The summed E-state index contributed by atoms with van der Waals surface area (Å²) in [7, 11) is 1.51. The van der Waals surface area contributed by atoms with Gasteiger partial charge in [-0.25, -0.2) is 14.6 Å². The molecule has 11 heteroatoms. The van der Waals surface area contributed by atoms with Crippen molar-refractivity contribution in [3.8, 4) is 11.4 Å². The Kier molecular flexibility index (Phi) is 5.56. The Hall–Kier alpha value is -4.44. The summed E-state index contributed by atoms with van der Waals surface area (Å²) in [6, 6.07) is 10.6. The fourth-order valence-electron chi connectivity index (χ4n) is 3.48. The summed E-state index contributed by atoms with van der Waals surface area (Å²) in [4.78, 5) is 20.6. The van der Waals surface area contributed by atoms with E-state index in [-0.39, 0.29) is 5.91 Å². The largest absolute Gasteiger partial charge is 0.496 e. The van der Waals surface area contributed by atoms with Gasteiger partial charge in [0, 0.05) is 29.4 Å². The van der Waals surface area contributed by atoms with Gasteiger partial charge >= 0.3 is 0 Å². The zero-order chi connectivity index (χ0) is 23.7. The standard InChI is InChI=1S/C23H19ClN8O2/c1-13-11-32(31-22(13)28-18-6-5-17-16(21(18)24)10-27-30-17)14-3-4-15(19(9-14)34-2)23(33)29-20-7-8-25-12-26-20/h3-12H,1-2H3,(H,27,30)(H,28,31)(H,25,26,29,33). The number of carbonyl (C=O) groups excluding carboxylic acids is 1. The van der Waals surface area contributed by atoms with Crippen molar-refractivity contribution in [1.29, 1.82) is 0 Å². The zero-order valence-electron chi connectivity index (χ0n) is 18.2. The molecule has 0 aliphatic carbocycles. The Balaban J connectivity index is 1.41. The number of benzene rings is 2. The number of amides is 1. The summed E-state index contributed by atoms with van der Waals surface area (Å²) < 4.78 is 7.18. The summed E-state index contributed by atoms with van der Waals surface area (Å²) in [5.41, 5.74) is 3.58. The van der Waals surface area contributed by atoms with Crippen LogP contribution < -0.4 is 15.4 Å². The van der Waals surface area contributed by atoms with Crippen molar-refractivity contribution < 1.29 is 9.53 Å². The molecule has 10 nitrogen and oxygen atoms in total. The number of hydrogen-bond donors (Lipinski definition) is 3. The number of fused-ring (bicyclic) bond motifs is 1. The number of H-pyrrole nitrogens is 1. The van der Waals surface area contributed by atoms with Gasteiger partial charge in [-0.3, -0.25) is 9.89 Å². The van der Waals surface area contributed by atoms with Crippen molar-refractivity contribution >= 4 is 45.7 Å². The van der Waals surface area contributed by atoms with Crippen molar-refractivity contribution in [2.24, 2.45) is 0 Å². The molecule has 0 bridgehead atoms. The molecule has 5 rings (SSSR count). The van der Waals surface area contributed by atoms with Crippen molar-refractivity contribution in [3.63, 3.8) is 0 Å². The third kappa shape index (κ3) is 4.02. The quantitative estimate of drug-likeness (QED) is 0.331. The van der Waals surface area contributed by atoms with Gasteiger partial charge in [0.25, 0.3) is 5.91 Å². The van der Waals surface area contributed by atoms with E-state index in [9.17, 15) is 4.79 Å². The van der Waals surface area contributed by atoms with Crippen LogP contribution in [-0.4, -0.2) is 43.0 Å². The summed E-state index contributed by atoms with van der Waals surface area (Å²) in [5, 5.41) is 19.0. The molecule has 3 N–H and O–H groups in total. The van der Waals surface area contributed by atoms with Crippen LogP contribution in [0.1, 0.15) is 15.9 Å². The Bertz CT molecular complexity index is 1500. The molecule has 2 aromatic carbocycles. The predicted octanol–water partition coefficient (Wildman–Crippen LogP) is 4.50. The molecule has 0 aliphatic heterocycles. The number of hydrogen-bond acceptors (Lipinski definition) is 7. The lowest BCUT2D eigenvalue weighted by Crippen LogP contribution is -2.14. The second-order valence-corrected chi connectivity index (χ2v) is 7.80. The lowest BCUT2D eigenvalue weighted by atomic mass is 10.1. The highest BCUT2D eigenvalue weighted by Gasteiger charge is 2.16. The second-order valence-electron chi connectivity index (χ2n) is 7.42. The van der Waals surface area contributed by atoms with Crippen LogP contribution in [0.4, 0.5) is 17.3 Å². The highest BCUT2D eigenvalue weighted by atomic mass is 35.5. The maximum Gasteiger partial charge on any atom is 0.260 e. The summed E-state index contributed by atoms with van der Waals surface area (Å²) in [6.45, 7) is 1.94. The van der Waals surface area contributed by atoms with Crippen LogP contribution in [0.2, 0.25) is 5.02 Å². The molecule has 3 heterocycles. The van der Waals surface area contributed by atoms with Gasteiger partial charge in [0.2, 0.25) is 0 Å². The number of nitrogens with one attached hydrogen (secondary N) is 3. The lowest BCUT2D eigenvalue weighted by molar-refractivity contribution is 0.102. The van der Waals surface area contributed by atoms with Gasteiger partial charge in [-0.05, 0) is 37.3 Å². The topological polar surface area (TPSA) is 123 Å². The van der Waals surface area contributed by atoms with E-state index in [4.69, 9.17) is 16.3 Å². The first kappa shape index (κ1) is 21.4. The number of nitrogens with zero attached hydrogens (tertiary/aromatic N) is 5. The molecule has 0 aliphatic rings. The highest BCUT2D eigenvalue weighted by Crippen LogP contribution is 2.33. The van der Waals surface area contributed by atoms with Crippen LogP contribution in [0.3, 0.4) is 0 Å². The van der Waals surface area contributed by atoms with Crippen molar-refractivity contribution in [3.05, 3.63) is 77.5 Å². The number of rotatable bonds is 6. The van der Waals surface area contributed by atoms with E-state index < -0.39 is 0 Å². The molecular formula is C23H19ClN8O2.